The molecule has 2 rings (SSSR count). The van der Waals surface area contributed by atoms with Gasteiger partial charge in [0.15, 0.2) is 11.6 Å². The number of halogens is 1. The van der Waals surface area contributed by atoms with E-state index in [9.17, 15) is 4.39 Å². The Bertz CT molecular complexity index is 377. The summed E-state index contributed by atoms with van der Waals surface area (Å²) in [6, 6.07) is 5.23. The maximum atomic E-state index is 13.7. The Hall–Kier alpha value is -1.09. The Balaban J connectivity index is 1.79. The molecule has 18 heavy (non-hydrogen) atoms. The summed E-state index contributed by atoms with van der Waals surface area (Å²) < 4.78 is 19.2. The van der Waals surface area contributed by atoms with Gasteiger partial charge in [0, 0.05) is 6.54 Å². The lowest BCUT2D eigenvalue weighted by Crippen LogP contribution is -2.13. The van der Waals surface area contributed by atoms with Crippen molar-refractivity contribution in [2.45, 2.75) is 39.2 Å². The van der Waals surface area contributed by atoms with Crippen LogP contribution in [0.15, 0.2) is 18.2 Å². The van der Waals surface area contributed by atoms with E-state index in [2.05, 4.69) is 12.2 Å². The first-order valence-corrected chi connectivity index (χ1v) is 6.91. The standard InChI is InChI=1S/C15H22FNO/c1-2-8-17-11-13-5-6-15(14(16)10-13)18-9-7-12-3-4-12/h5-6,10,12,17H,2-4,7-9,11H2,1H3. The molecule has 0 heterocycles. The molecule has 0 atom stereocenters. The fraction of sp³-hybridized carbons (Fsp3) is 0.600. The van der Waals surface area contributed by atoms with Gasteiger partial charge in [0.25, 0.3) is 0 Å². The van der Waals surface area contributed by atoms with E-state index in [1.54, 1.807) is 12.1 Å². The van der Waals surface area contributed by atoms with Crippen LogP contribution in [0.25, 0.3) is 0 Å². The van der Waals surface area contributed by atoms with E-state index in [1.165, 1.54) is 12.8 Å². The van der Waals surface area contributed by atoms with E-state index >= 15 is 0 Å². The molecule has 1 aromatic rings. The van der Waals surface area contributed by atoms with Crippen molar-refractivity contribution >= 4 is 0 Å². The number of hydrogen-bond acceptors (Lipinski definition) is 2. The van der Waals surface area contributed by atoms with Gasteiger partial charge in [0.2, 0.25) is 0 Å². The monoisotopic (exact) mass is 251 g/mol. The maximum absolute atomic E-state index is 13.7. The van der Waals surface area contributed by atoms with Crippen LogP contribution < -0.4 is 10.1 Å². The Morgan fingerprint density at radius 2 is 2.22 bits per heavy atom. The van der Waals surface area contributed by atoms with Gasteiger partial charge < -0.3 is 10.1 Å². The van der Waals surface area contributed by atoms with Crippen LogP contribution >= 0.6 is 0 Å². The third kappa shape index (κ3) is 4.30. The van der Waals surface area contributed by atoms with E-state index in [4.69, 9.17) is 4.74 Å². The lowest BCUT2D eigenvalue weighted by molar-refractivity contribution is 0.288. The molecule has 1 aliphatic rings. The van der Waals surface area contributed by atoms with Crippen molar-refractivity contribution in [2.75, 3.05) is 13.2 Å². The highest BCUT2D eigenvalue weighted by atomic mass is 19.1. The quantitative estimate of drug-likeness (QED) is 0.714. The van der Waals surface area contributed by atoms with Gasteiger partial charge in [-0.1, -0.05) is 25.8 Å². The molecule has 1 fully saturated rings. The zero-order valence-corrected chi connectivity index (χ0v) is 11.0. The van der Waals surface area contributed by atoms with E-state index in [0.717, 1.165) is 30.9 Å². The van der Waals surface area contributed by atoms with Gasteiger partial charge >= 0.3 is 0 Å². The number of rotatable bonds is 8. The summed E-state index contributed by atoms with van der Waals surface area (Å²) in [5, 5.41) is 3.26. The van der Waals surface area contributed by atoms with Crippen LogP contribution in [-0.2, 0) is 6.54 Å². The summed E-state index contributed by atoms with van der Waals surface area (Å²) in [6.07, 6.45) is 4.77. The summed E-state index contributed by atoms with van der Waals surface area (Å²) in [4.78, 5) is 0. The molecular weight excluding hydrogens is 229 g/mol. The highest BCUT2D eigenvalue weighted by Gasteiger charge is 2.20. The molecule has 0 radical (unpaired) electrons. The zero-order chi connectivity index (χ0) is 12.8. The van der Waals surface area contributed by atoms with E-state index < -0.39 is 0 Å². The van der Waals surface area contributed by atoms with E-state index in [1.807, 2.05) is 6.07 Å². The van der Waals surface area contributed by atoms with Crippen molar-refractivity contribution in [3.63, 3.8) is 0 Å². The Morgan fingerprint density at radius 3 is 2.89 bits per heavy atom. The lowest BCUT2D eigenvalue weighted by Gasteiger charge is -2.09. The minimum absolute atomic E-state index is 0.249. The Labute approximate surface area is 109 Å². The van der Waals surface area contributed by atoms with Crippen LogP contribution in [0.3, 0.4) is 0 Å². The normalized spacial score (nSPS) is 14.8. The molecule has 0 amide bonds. The molecule has 3 heteroatoms. The molecule has 2 nitrogen and oxygen atoms in total. The third-order valence-corrected chi connectivity index (χ3v) is 3.23. The number of ether oxygens (including phenoxy) is 1. The van der Waals surface area contributed by atoms with Gasteiger partial charge in [0.05, 0.1) is 6.61 Å². The van der Waals surface area contributed by atoms with Gasteiger partial charge in [-0.3, -0.25) is 0 Å². The maximum Gasteiger partial charge on any atom is 0.165 e. The fourth-order valence-corrected chi connectivity index (χ4v) is 1.92. The van der Waals surface area contributed by atoms with Crippen molar-refractivity contribution in [3.05, 3.63) is 29.6 Å². The summed E-state index contributed by atoms with van der Waals surface area (Å²) >= 11 is 0. The second-order valence-corrected chi connectivity index (χ2v) is 5.02. The molecule has 0 aromatic heterocycles. The van der Waals surface area contributed by atoms with Crippen LogP contribution in [0, 0.1) is 11.7 Å². The molecule has 0 saturated heterocycles. The first kappa shape index (κ1) is 13.3. The molecule has 1 aliphatic carbocycles. The van der Waals surface area contributed by atoms with Gasteiger partial charge in [-0.15, -0.1) is 0 Å². The minimum Gasteiger partial charge on any atom is -0.491 e. The van der Waals surface area contributed by atoms with Crippen LogP contribution in [0.1, 0.15) is 38.2 Å². The second-order valence-electron chi connectivity index (χ2n) is 5.02. The molecular formula is C15H22FNO. The van der Waals surface area contributed by atoms with E-state index in [0.29, 0.717) is 18.9 Å². The predicted molar refractivity (Wildman–Crippen MR) is 71.2 cm³/mol. The molecule has 0 unspecified atom stereocenters. The summed E-state index contributed by atoms with van der Waals surface area (Å²) in [7, 11) is 0. The second kappa shape index (κ2) is 6.74. The molecule has 0 bridgehead atoms. The third-order valence-electron chi connectivity index (χ3n) is 3.23. The largest absolute Gasteiger partial charge is 0.491 e. The fourth-order valence-electron chi connectivity index (χ4n) is 1.92. The van der Waals surface area contributed by atoms with Crippen LogP contribution in [0.4, 0.5) is 4.39 Å². The Morgan fingerprint density at radius 1 is 1.39 bits per heavy atom. The minimum atomic E-state index is -0.249. The van der Waals surface area contributed by atoms with Gasteiger partial charge in [-0.05, 0) is 43.0 Å². The van der Waals surface area contributed by atoms with Crippen LogP contribution in [-0.4, -0.2) is 13.2 Å². The van der Waals surface area contributed by atoms with Gasteiger partial charge in [0.1, 0.15) is 0 Å². The van der Waals surface area contributed by atoms with Crippen molar-refractivity contribution in [3.8, 4) is 5.75 Å². The van der Waals surface area contributed by atoms with Crippen molar-refractivity contribution < 1.29 is 9.13 Å². The molecule has 0 aliphatic heterocycles. The number of hydrogen-bond donors (Lipinski definition) is 1. The first-order valence-electron chi connectivity index (χ1n) is 6.91. The highest BCUT2D eigenvalue weighted by Crippen LogP contribution is 2.32. The number of benzene rings is 1. The van der Waals surface area contributed by atoms with Gasteiger partial charge in [-0.25, -0.2) is 4.39 Å². The predicted octanol–water partition coefficient (Wildman–Crippen LogP) is 3.50. The number of nitrogens with one attached hydrogen (secondary N) is 1. The molecule has 1 aromatic carbocycles. The van der Waals surface area contributed by atoms with Crippen molar-refractivity contribution in [1.82, 2.24) is 5.32 Å². The smallest absolute Gasteiger partial charge is 0.165 e. The Kier molecular flexibility index (Phi) is 5.00. The molecule has 100 valence electrons. The van der Waals surface area contributed by atoms with Crippen LogP contribution in [0.5, 0.6) is 5.75 Å². The average Bonchev–Trinajstić information content (AvgIpc) is 3.16. The summed E-state index contributed by atoms with van der Waals surface area (Å²) in [6.45, 7) is 4.42. The zero-order valence-electron chi connectivity index (χ0n) is 11.0. The molecule has 1 N–H and O–H groups in total. The molecule has 1 saturated carbocycles. The highest BCUT2D eigenvalue weighted by molar-refractivity contribution is 5.29. The average molecular weight is 251 g/mol. The van der Waals surface area contributed by atoms with Crippen molar-refractivity contribution in [1.29, 1.82) is 0 Å². The first-order chi connectivity index (χ1) is 8.79. The van der Waals surface area contributed by atoms with Crippen molar-refractivity contribution in [2.24, 2.45) is 5.92 Å². The van der Waals surface area contributed by atoms with E-state index in [-0.39, 0.29) is 5.82 Å². The summed E-state index contributed by atoms with van der Waals surface area (Å²) in [5.74, 6) is 0.960. The molecule has 0 spiro atoms. The topological polar surface area (TPSA) is 21.3 Å². The lowest BCUT2D eigenvalue weighted by atomic mass is 10.2. The van der Waals surface area contributed by atoms with Gasteiger partial charge in [-0.2, -0.15) is 0 Å². The van der Waals surface area contributed by atoms with Crippen LogP contribution in [0.2, 0.25) is 0 Å². The SMILES string of the molecule is CCCNCc1ccc(OCCC2CC2)c(F)c1. The summed E-state index contributed by atoms with van der Waals surface area (Å²) in [5.41, 5.74) is 0.968.